The number of halogens is 1. The smallest absolute Gasteiger partial charge is 0.123 e. The van der Waals surface area contributed by atoms with Gasteiger partial charge in [-0.2, -0.15) is 0 Å². The summed E-state index contributed by atoms with van der Waals surface area (Å²) in [4.78, 5) is 5.06. The average molecular weight is 509 g/mol. The van der Waals surface area contributed by atoms with Gasteiger partial charge < -0.3 is 9.64 Å². The van der Waals surface area contributed by atoms with Crippen molar-refractivity contribution in [2.24, 2.45) is 5.41 Å². The molecule has 0 amide bonds. The summed E-state index contributed by atoms with van der Waals surface area (Å²) >= 11 is 0. The number of para-hydroxylation sites is 1. The third-order valence-electron chi connectivity index (χ3n) is 8.38. The number of piperazine rings is 1. The normalized spacial score (nSPS) is 18.4. The van der Waals surface area contributed by atoms with Crippen molar-refractivity contribution in [2.45, 2.75) is 38.6 Å². The standard InChI is InChI=1S/C34H37FN2O/c35-29-15-17-31(18-16-29)38-24-6-19-34(32-9-4-5-10-33(32)34)25-27-11-13-28(14-12-27)26-36-20-22-37(23-21-36)30-7-2-1-3-8-30/h1-3,7-18H,4-6,19-26H2. The fourth-order valence-electron chi connectivity index (χ4n) is 6.29. The van der Waals surface area contributed by atoms with Crippen LogP contribution in [-0.2, 0) is 13.0 Å². The minimum Gasteiger partial charge on any atom is -0.494 e. The van der Waals surface area contributed by atoms with Crippen molar-refractivity contribution in [3.63, 3.8) is 0 Å². The number of ether oxygens (including phenoxy) is 1. The minimum atomic E-state index is -0.228. The second-order valence-corrected chi connectivity index (χ2v) is 10.9. The molecule has 196 valence electrons. The van der Waals surface area contributed by atoms with Gasteiger partial charge in [0.25, 0.3) is 0 Å². The Morgan fingerprint density at radius 2 is 1.39 bits per heavy atom. The molecule has 0 bridgehead atoms. The van der Waals surface area contributed by atoms with E-state index in [1.807, 2.05) is 0 Å². The molecule has 3 aromatic rings. The van der Waals surface area contributed by atoms with Crippen molar-refractivity contribution in [1.29, 1.82) is 0 Å². The van der Waals surface area contributed by atoms with Gasteiger partial charge in [0.05, 0.1) is 6.61 Å². The molecule has 0 spiro atoms. The summed E-state index contributed by atoms with van der Waals surface area (Å²) in [6, 6.07) is 26.4. The third-order valence-corrected chi connectivity index (χ3v) is 8.38. The van der Waals surface area contributed by atoms with Gasteiger partial charge >= 0.3 is 0 Å². The first-order chi connectivity index (χ1) is 18.7. The predicted octanol–water partition coefficient (Wildman–Crippen LogP) is 7.20. The zero-order chi connectivity index (χ0) is 25.8. The first kappa shape index (κ1) is 24.9. The first-order valence-corrected chi connectivity index (χ1v) is 14.1. The molecular weight excluding hydrogens is 471 g/mol. The Labute approximate surface area is 226 Å². The highest BCUT2D eigenvalue weighted by Gasteiger charge is 2.53. The molecule has 2 aliphatic carbocycles. The van der Waals surface area contributed by atoms with E-state index in [-0.39, 0.29) is 11.2 Å². The molecule has 0 unspecified atom stereocenters. The van der Waals surface area contributed by atoms with Crippen molar-refractivity contribution in [1.82, 2.24) is 4.90 Å². The summed E-state index contributed by atoms with van der Waals surface area (Å²) in [5, 5.41) is 0. The van der Waals surface area contributed by atoms with Crippen LogP contribution in [0, 0.1) is 11.2 Å². The molecule has 0 N–H and O–H groups in total. The number of rotatable bonds is 10. The zero-order valence-corrected chi connectivity index (χ0v) is 22.1. The molecule has 4 heteroatoms. The molecular formula is C34H37FN2O. The van der Waals surface area contributed by atoms with Crippen LogP contribution in [0.25, 0.3) is 0 Å². The van der Waals surface area contributed by atoms with Gasteiger partial charge in [0.2, 0.25) is 0 Å². The summed E-state index contributed by atoms with van der Waals surface area (Å²) in [5.41, 5.74) is 7.45. The Morgan fingerprint density at radius 1 is 0.737 bits per heavy atom. The van der Waals surface area contributed by atoms with E-state index in [1.165, 1.54) is 28.9 Å². The topological polar surface area (TPSA) is 15.7 Å². The van der Waals surface area contributed by atoms with Gasteiger partial charge in [-0.25, -0.2) is 4.39 Å². The largest absolute Gasteiger partial charge is 0.494 e. The zero-order valence-electron chi connectivity index (χ0n) is 22.1. The summed E-state index contributed by atoms with van der Waals surface area (Å²) in [6.07, 6.45) is 10.4. The van der Waals surface area contributed by atoms with E-state index in [9.17, 15) is 4.39 Å². The van der Waals surface area contributed by atoms with Gasteiger partial charge in [-0.05, 0) is 90.8 Å². The van der Waals surface area contributed by atoms with Crippen LogP contribution in [0.1, 0.15) is 36.8 Å². The number of allylic oxidation sites excluding steroid dienone is 4. The fraction of sp³-hybridized carbons (Fsp3) is 0.353. The van der Waals surface area contributed by atoms with Gasteiger partial charge in [0.15, 0.2) is 0 Å². The van der Waals surface area contributed by atoms with E-state index in [2.05, 4.69) is 76.5 Å². The van der Waals surface area contributed by atoms with Crippen molar-refractivity contribution >= 4 is 5.69 Å². The predicted molar refractivity (Wildman–Crippen MR) is 153 cm³/mol. The Morgan fingerprint density at radius 3 is 2.08 bits per heavy atom. The highest BCUT2D eigenvalue weighted by atomic mass is 19.1. The summed E-state index contributed by atoms with van der Waals surface area (Å²) in [6.45, 7) is 6.04. The van der Waals surface area contributed by atoms with Gasteiger partial charge in [-0.1, -0.05) is 54.6 Å². The number of fused-ring (bicyclic) bond motifs is 1. The lowest BCUT2D eigenvalue weighted by atomic mass is 9.89. The van der Waals surface area contributed by atoms with Crippen LogP contribution >= 0.6 is 0 Å². The maximum atomic E-state index is 13.2. The SMILES string of the molecule is Fc1ccc(OCCCC2(Cc3ccc(CN4CCN(c5ccccc5)CC4)cc3)C3=CCCC=C32)cc1. The average Bonchev–Trinajstić information content (AvgIpc) is 3.60. The van der Waals surface area contributed by atoms with E-state index in [1.54, 1.807) is 23.3 Å². The fourth-order valence-corrected chi connectivity index (χ4v) is 6.29. The minimum absolute atomic E-state index is 0.179. The first-order valence-electron chi connectivity index (χ1n) is 14.1. The monoisotopic (exact) mass is 508 g/mol. The van der Waals surface area contributed by atoms with Crippen LogP contribution < -0.4 is 9.64 Å². The lowest BCUT2D eigenvalue weighted by Gasteiger charge is -2.36. The molecule has 1 heterocycles. The molecule has 3 aliphatic rings. The molecule has 6 rings (SSSR count). The molecule has 38 heavy (non-hydrogen) atoms. The van der Waals surface area contributed by atoms with E-state index >= 15 is 0 Å². The summed E-state index contributed by atoms with van der Waals surface area (Å²) in [7, 11) is 0. The Kier molecular flexibility index (Phi) is 7.33. The molecule has 1 aliphatic heterocycles. The maximum Gasteiger partial charge on any atom is 0.123 e. The number of anilines is 1. The van der Waals surface area contributed by atoms with E-state index < -0.39 is 0 Å². The maximum absolute atomic E-state index is 13.2. The van der Waals surface area contributed by atoms with Gasteiger partial charge in [0.1, 0.15) is 11.6 Å². The Balaban J connectivity index is 1.03. The lowest BCUT2D eigenvalue weighted by Crippen LogP contribution is -2.45. The van der Waals surface area contributed by atoms with E-state index in [4.69, 9.17) is 4.74 Å². The second kappa shape index (κ2) is 11.2. The van der Waals surface area contributed by atoms with Crippen LogP contribution in [0.2, 0.25) is 0 Å². The van der Waals surface area contributed by atoms with Gasteiger partial charge in [-0.3, -0.25) is 4.90 Å². The Hall–Kier alpha value is -3.37. The summed E-state index contributed by atoms with van der Waals surface area (Å²) < 4.78 is 19.1. The van der Waals surface area contributed by atoms with E-state index in [0.717, 1.165) is 70.6 Å². The van der Waals surface area contributed by atoms with Crippen molar-refractivity contribution in [3.8, 4) is 5.75 Å². The second-order valence-electron chi connectivity index (χ2n) is 10.9. The van der Waals surface area contributed by atoms with Crippen molar-refractivity contribution < 1.29 is 9.13 Å². The van der Waals surface area contributed by atoms with E-state index in [0.29, 0.717) is 6.61 Å². The summed E-state index contributed by atoms with van der Waals surface area (Å²) in [5.74, 6) is 0.512. The number of benzene rings is 3. The highest BCUT2D eigenvalue weighted by molar-refractivity contribution is 5.64. The lowest BCUT2D eigenvalue weighted by molar-refractivity contribution is 0.250. The van der Waals surface area contributed by atoms with Crippen molar-refractivity contribution in [2.75, 3.05) is 37.7 Å². The van der Waals surface area contributed by atoms with Crippen LogP contribution in [0.15, 0.2) is 102 Å². The quantitative estimate of drug-likeness (QED) is 0.270. The van der Waals surface area contributed by atoms with Gasteiger partial charge in [-0.15, -0.1) is 0 Å². The molecule has 3 aromatic carbocycles. The highest BCUT2D eigenvalue weighted by Crippen LogP contribution is 2.64. The molecule has 3 nitrogen and oxygen atoms in total. The Bertz CT molecular complexity index is 1250. The number of nitrogens with zero attached hydrogens (tertiary/aromatic N) is 2. The molecule has 1 saturated carbocycles. The van der Waals surface area contributed by atoms with Crippen LogP contribution in [0.5, 0.6) is 5.75 Å². The van der Waals surface area contributed by atoms with Crippen molar-refractivity contribution in [3.05, 3.63) is 119 Å². The number of hydrogen-bond donors (Lipinski definition) is 0. The molecule has 0 atom stereocenters. The molecule has 1 saturated heterocycles. The molecule has 0 radical (unpaired) electrons. The molecule has 0 aromatic heterocycles. The molecule has 2 fully saturated rings. The van der Waals surface area contributed by atoms with Gasteiger partial charge in [0, 0.05) is 43.8 Å². The number of hydrogen-bond acceptors (Lipinski definition) is 3. The van der Waals surface area contributed by atoms with Crippen LogP contribution in [0.4, 0.5) is 10.1 Å². The third kappa shape index (κ3) is 5.56. The van der Waals surface area contributed by atoms with Crippen LogP contribution in [-0.4, -0.2) is 37.7 Å². The van der Waals surface area contributed by atoms with Crippen LogP contribution in [0.3, 0.4) is 0 Å².